The zero-order valence-corrected chi connectivity index (χ0v) is 13.5. The van der Waals surface area contributed by atoms with Gasteiger partial charge in [-0.15, -0.1) is 5.10 Å². The van der Waals surface area contributed by atoms with Gasteiger partial charge in [-0.25, -0.2) is 9.48 Å². The molecule has 0 radical (unpaired) electrons. The molecule has 0 aliphatic heterocycles. The molecule has 0 saturated carbocycles. The summed E-state index contributed by atoms with van der Waals surface area (Å²) >= 11 is 5.86. The van der Waals surface area contributed by atoms with Crippen molar-refractivity contribution in [3.8, 4) is 5.69 Å². The summed E-state index contributed by atoms with van der Waals surface area (Å²) in [6, 6.07) is 15.4. The maximum Gasteiger partial charge on any atom is 0.347 e. The van der Waals surface area contributed by atoms with Crippen LogP contribution in [0.25, 0.3) is 16.7 Å². The number of halogens is 1. The van der Waals surface area contributed by atoms with E-state index in [-0.39, 0.29) is 11.3 Å². The first kappa shape index (κ1) is 15.3. The minimum absolute atomic E-state index is 0.0533. The lowest BCUT2D eigenvalue weighted by molar-refractivity contribution is 0.103. The van der Waals surface area contributed by atoms with Crippen molar-refractivity contribution < 1.29 is 9.21 Å². The topological polar surface area (TPSA) is 78.0 Å². The maximum absolute atomic E-state index is 12.6. The quantitative estimate of drug-likeness (QED) is 0.418. The van der Waals surface area contributed by atoms with Crippen LogP contribution in [0.15, 0.2) is 70.0 Å². The van der Waals surface area contributed by atoms with Crippen molar-refractivity contribution >= 4 is 28.4 Å². The third-order valence-corrected chi connectivity index (χ3v) is 3.96. The fraction of sp³-hybridized carbons (Fsp3) is 0. The molecule has 2 heterocycles. The summed E-state index contributed by atoms with van der Waals surface area (Å²) in [4.78, 5) is 24.7. The first-order valence-corrected chi connectivity index (χ1v) is 7.75. The summed E-state index contributed by atoms with van der Waals surface area (Å²) in [7, 11) is 0. The van der Waals surface area contributed by atoms with Gasteiger partial charge in [-0.1, -0.05) is 35.0 Å². The molecule has 122 valence electrons. The van der Waals surface area contributed by atoms with Gasteiger partial charge in [-0.2, -0.15) is 0 Å². The molecule has 7 heteroatoms. The predicted molar refractivity (Wildman–Crippen MR) is 92.3 cm³/mol. The lowest BCUT2D eigenvalue weighted by Gasteiger charge is -2.00. The van der Waals surface area contributed by atoms with E-state index in [4.69, 9.17) is 16.0 Å². The molecule has 0 unspecified atom stereocenters. The zero-order chi connectivity index (χ0) is 17.4. The van der Waals surface area contributed by atoms with E-state index in [0.717, 1.165) is 0 Å². The van der Waals surface area contributed by atoms with E-state index < -0.39 is 11.4 Å². The number of carbonyl (C=O) groups is 1. The Balaban J connectivity index is 1.73. The number of aromatic nitrogens is 3. The lowest BCUT2D eigenvalue weighted by Crippen LogP contribution is -2.15. The van der Waals surface area contributed by atoms with Crippen LogP contribution in [0, 0.1) is 0 Å². The van der Waals surface area contributed by atoms with Gasteiger partial charge < -0.3 is 4.42 Å². The highest BCUT2D eigenvalue weighted by Gasteiger charge is 2.19. The van der Waals surface area contributed by atoms with Crippen LogP contribution in [-0.4, -0.2) is 20.8 Å². The Morgan fingerprint density at radius 1 is 1.08 bits per heavy atom. The van der Waals surface area contributed by atoms with Gasteiger partial charge in [0.25, 0.3) is 0 Å². The van der Waals surface area contributed by atoms with E-state index >= 15 is 0 Å². The van der Waals surface area contributed by atoms with Crippen molar-refractivity contribution in [2.24, 2.45) is 0 Å². The minimum Gasteiger partial charge on any atom is -0.422 e. The molecule has 4 aromatic rings. The smallest absolute Gasteiger partial charge is 0.347 e. The number of para-hydroxylation sites is 1. The summed E-state index contributed by atoms with van der Waals surface area (Å²) < 4.78 is 6.63. The lowest BCUT2D eigenvalue weighted by atomic mass is 10.1. The Morgan fingerprint density at radius 2 is 1.84 bits per heavy atom. The molecule has 0 bridgehead atoms. The summed E-state index contributed by atoms with van der Waals surface area (Å²) in [6.45, 7) is 0. The zero-order valence-electron chi connectivity index (χ0n) is 12.7. The monoisotopic (exact) mass is 351 g/mol. The van der Waals surface area contributed by atoms with E-state index in [0.29, 0.717) is 21.7 Å². The Hall–Kier alpha value is -3.25. The highest BCUT2D eigenvalue weighted by Crippen LogP contribution is 2.16. The van der Waals surface area contributed by atoms with Gasteiger partial charge in [0, 0.05) is 10.4 Å². The second-order valence-corrected chi connectivity index (χ2v) is 5.78. The van der Waals surface area contributed by atoms with Gasteiger partial charge in [0.2, 0.25) is 5.78 Å². The second kappa shape index (κ2) is 5.99. The molecule has 4 rings (SSSR count). The van der Waals surface area contributed by atoms with Crippen molar-refractivity contribution in [1.82, 2.24) is 15.0 Å². The number of nitrogens with zero attached hydrogens (tertiary/aromatic N) is 3. The van der Waals surface area contributed by atoms with Crippen molar-refractivity contribution in [2.45, 2.75) is 0 Å². The number of carbonyl (C=O) groups excluding carboxylic acids is 1. The van der Waals surface area contributed by atoms with E-state index in [1.807, 2.05) is 0 Å². The molecule has 0 aliphatic carbocycles. The molecular weight excluding hydrogens is 342 g/mol. The number of hydrogen-bond donors (Lipinski definition) is 0. The molecule has 0 atom stereocenters. The average molecular weight is 352 g/mol. The van der Waals surface area contributed by atoms with Gasteiger partial charge in [0.05, 0.1) is 11.9 Å². The van der Waals surface area contributed by atoms with Crippen molar-refractivity contribution in [1.29, 1.82) is 0 Å². The van der Waals surface area contributed by atoms with Crippen LogP contribution < -0.4 is 5.63 Å². The number of ketones is 1. The number of hydrogen-bond acceptors (Lipinski definition) is 5. The fourth-order valence-corrected chi connectivity index (χ4v) is 2.57. The molecule has 0 saturated heterocycles. The van der Waals surface area contributed by atoms with Crippen molar-refractivity contribution in [3.63, 3.8) is 0 Å². The summed E-state index contributed by atoms with van der Waals surface area (Å²) in [5.74, 6) is -0.542. The normalized spacial score (nSPS) is 10.9. The van der Waals surface area contributed by atoms with Crippen LogP contribution in [0.2, 0.25) is 5.02 Å². The highest BCUT2D eigenvalue weighted by molar-refractivity contribution is 6.30. The number of rotatable bonds is 3. The Bertz CT molecular complexity index is 1150. The van der Waals surface area contributed by atoms with E-state index in [1.165, 1.54) is 16.9 Å². The SMILES string of the molecule is O=C(c1cn(-c2ccc(Cl)cc2)nn1)c1cc2ccccc2oc1=O. The van der Waals surface area contributed by atoms with E-state index in [2.05, 4.69) is 10.3 Å². The van der Waals surface area contributed by atoms with Crippen LogP contribution in [0.1, 0.15) is 16.1 Å². The molecular formula is C18H10ClN3O3. The summed E-state index contributed by atoms with van der Waals surface area (Å²) in [5, 5.41) is 9.04. The first-order chi connectivity index (χ1) is 12.1. The largest absolute Gasteiger partial charge is 0.422 e. The molecule has 25 heavy (non-hydrogen) atoms. The standard InChI is InChI=1S/C18H10ClN3O3/c19-12-5-7-13(8-6-12)22-10-15(20-21-22)17(23)14-9-11-3-1-2-4-16(11)25-18(14)24/h1-10H. The number of benzene rings is 2. The molecule has 0 aliphatic rings. The Labute approximate surface area is 146 Å². The number of fused-ring (bicyclic) bond motifs is 1. The van der Waals surface area contributed by atoms with Crippen molar-refractivity contribution in [3.05, 3.63) is 87.5 Å². The molecule has 0 N–H and O–H groups in total. The Kier molecular flexibility index (Phi) is 3.66. The highest BCUT2D eigenvalue weighted by atomic mass is 35.5. The maximum atomic E-state index is 12.6. The molecule has 2 aromatic carbocycles. The van der Waals surface area contributed by atoms with Crippen LogP contribution >= 0.6 is 11.6 Å². The first-order valence-electron chi connectivity index (χ1n) is 7.38. The average Bonchev–Trinajstić information content (AvgIpc) is 3.11. The van der Waals surface area contributed by atoms with Crippen LogP contribution in [0.5, 0.6) is 0 Å². The summed E-state index contributed by atoms with van der Waals surface area (Å²) in [6.07, 6.45) is 1.46. The van der Waals surface area contributed by atoms with Gasteiger partial charge in [-0.05, 0) is 36.4 Å². The molecule has 6 nitrogen and oxygen atoms in total. The van der Waals surface area contributed by atoms with Crippen LogP contribution in [0.3, 0.4) is 0 Å². The van der Waals surface area contributed by atoms with Crippen molar-refractivity contribution in [2.75, 3.05) is 0 Å². The van der Waals surface area contributed by atoms with Crippen LogP contribution in [-0.2, 0) is 0 Å². The molecule has 2 aromatic heterocycles. The van der Waals surface area contributed by atoms with Gasteiger partial charge >= 0.3 is 5.63 Å². The third kappa shape index (κ3) is 2.83. The van der Waals surface area contributed by atoms with Crippen LogP contribution in [0.4, 0.5) is 0 Å². The molecule has 0 spiro atoms. The van der Waals surface area contributed by atoms with Gasteiger partial charge in [0.1, 0.15) is 11.1 Å². The Morgan fingerprint density at radius 3 is 2.64 bits per heavy atom. The minimum atomic E-state index is -0.704. The van der Waals surface area contributed by atoms with E-state index in [9.17, 15) is 9.59 Å². The molecule has 0 amide bonds. The second-order valence-electron chi connectivity index (χ2n) is 5.34. The summed E-state index contributed by atoms with van der Waals surface area (Å²) in [5.41, 5.74) is 0.388. The van der Waals surface area contributed by atoms with Gasteiger partial charge in [0.15, 0.2) is 5.69 Å². The fourth-order valence-electron chi connectivity index (χ4n) is 2.45. The van der Waals surface area contributed by atoms with Gasteiger partial charge in [-0.3, -0.25) is 4.79 Å². The molecule has 0 fully saturated rings. The third-order valence-electron chi connectivity index (χ3n) is 3.70. The predicted octanol–water partition coefficient (Wildman–Crippen LogP) is 3.26. The van der Waals surface area contributed by atoms with E-state index in [1.54, 1.807) is 48.5 Å².